The van der Waals surface area contributed by atoms with Crippen molar-refractivity contribution in [2.75, 3.05) is 6.61 Å². The molecule has 0 aliphatic rings. The average molecular weight is 279 g/mol. The second kappa shape index (κ2) is 4.42. The molecule has 0 amide bonds. The van der Waals surface area contributed by atoms with Gasteiger partial charge in [-0.1, -0.05) is 0 Å². The standard InChI is InChI=1S/C9H11BrO3S/c1-9(2-3-11,8(12)13)7-4-6(10)5-14-7/h4-5,11H,2-3H2,1H3,(H,12,13). The van der Waals surface area contributed by atoms with Crippen LogP contribution in [0.25, 0.3) is 0 Å². The topological polar surface area (TPSA) is 57.5 Å². The molecule has 5 heteroatoms. The van der Waals surface area contributed by atoms with Crippen LogP contribution in [0.4, 0.5) is 0 Å². The normalized spacial score (nSPS) is 15.1. The molecule has 0 aliphatic carbocycles. The first-order chi connectivity index (χ1) is 6.50. The van der Waals surface area contributed by atoms with E-state index in [0.29, 0.717) is 0 Å². The zero-order valence-corrected chi connectivity index (χ0v) is 10.1. The molecule has 14 heavy (non-hydrogen) atoms. The number of hydrogen-bond donors (Lipinski definition) is 2. The maximum absolute atomic E-state index is 11.1. The van der Waals surface area contributed by atoms with Crippen LogP contribution in [0, 0.1) is 0 Å². The first-order valence-corrected chi connectivity index (χ1v) is 5.76. The molecule has 0 saturated carbocycles. The quantitative estimate of drug-likeness (QED) is 0.888. The number of rotatable bonds is 4. The second-order valence-electron chi connectivity index (χ2n) is 3.24. The van der Waals surface area contributed by atoms with Crippen molar-refractivity contribution in [2.45, 2.75) is 18.8 Å². The molecule has 1 unspecified atom stereocenters. The molecule has 1 atom stereocenters. The summed E-state index contributed by atoms with van der Waals surface area (Å²) >= 11 is 4.67. The van der Waals surface area contributed by atoms with Crippen LogP contribution >= 0.6 is 27.3 Å². The summed E-state index contributed by atoms with van der Waals surface area (Å²) in [5.41, 5.74) is -0.981. The predicted octanol–water partition coefficient (Wildman–Crippen LogP) is 2.24. The third-order valence-corrected chi connectivity index (χ3v) is 4.15. The van der Waals surface area contributed by atoms with Gasteiger partial charge >= 0.3 is 5.97 Å². The van der Waals surface area contributed by atoms with Crippen LogP contribution < -0.4 is 0 Å². The molecule has 0 aliphatic heterocycles. The van der Waals surface area contributed by atoms with Gasteiger partial charge < -0.3 is 10.2 Å². The summed E-state index contributed by atoms with van der Waals surface area (Å²) in [5, 5.41) is 19.8. The molecule has 3 nitrogen and oxygen atoms in total. The van der Waals surface area contributed by atoms with Crippen LogP contribution in [0.2, 0.25) is 0 Å². The van der Waals surface area contributed by atoms with Gasteiger partial charge in [0.15, 0.2) is 0 Å². The van der Waals surface area contributed by atoms with Crippen molar-refractivity contribution in [2.24, 2.45) is 0 Å². The van der Waals surface area contributed by atoms with Crippen LogP contribution in [0.3, 0.4) is 0 Å². The van der Waals surface area contributed by atoms with Gasteiger partial charge in [0.25, 0.3) is 0 Å². The zero-order chi connectivity index (χ0) is 10.8. The van der Waals surface area contributed by atoms with Crippen LogP contribution in [-0.2, 0) is 10.2 Å². The summed E-state index contributed by atoms with van der Waals surface area (Å²) in [7, 11) is 0. The lowest BCUT2D eigenvalue weighted by Crippen LogP contribution is -2.32. The Morgan fingerprint density at radius 2 is 2.36 bits per heavy atom. The fraction of sp³-hybridized carbons (Fsp3) is 0.444. The number of hydrogen-bond acceptors (Lipinski definition) is 3. The van der Waals surface area contributed by atoms with E-state index < -0.39 is 11.4 Å². The third kappa shape index (κ3) is 2.16. The Kier molecular flexibility index (Phi) is 3.69. The van der Waals surface area contributed by atoms with Crippen molar-refractivity contribution in [1.82, 2.24) is 0 Å². The van der Waals surface area contributed by atoms with Crippen LogP contribution in [0.15, 0.2) is 15.9 Å². The molecule has 1 heterocycles. The van der Waals surface area contributed by atoms with E-state index in [-0.39, 0.29) is 13.0 Å². The van der Waals surface area contributed by atoms with Crippen LogP contribution in [0.5, 0.6) is 0 Å². The number of carbonyl (C=O) groups is 1. The molecule has 0 fully saturated rings. The predicted molar refractivity (Wildman–Crippen MR) is 58.7 cm³/mol. The van der Waals surface area contributed by atoms with E-state index in [1.807, 2.05) is 5.38 Å². The largest absolute Gasteiger partial charge is 0.481 e. The number of halogens is 1. The third-order valence-electron chi connectivity index (χ3n) is 2.20. The van der Waals surface area contributed by atoms with E-state index in [9.17, 15) is 4.79 Å². The number of carboxylic acid groups (broad SMARTS) is 1. The smallest absolute Gasteiger partial charge is 0.314 e. The lowest BCUT2D eigenvalue weighted by atomic mass is 9.85. The minimum absolute atomic E-state index is 0.127. The number of thiophene rings is 1. The van der Waals surface area contributed by atoms with Crippen molar-refractivity contribution in [3.8, 4) is 0 Å². The number of aliphatic carboxylic acids is 1. The number of aliphatic hydroxyl groups excluding tert-OH is 1. The van der Waals surface area contributed by atoms with Gasteiger partial charge in [-0.05, 0) is 35.3 Å². The number of aliphatic hydroxyl groups is 1. The van der Waals surface area contributed by atoms with Crippen molar-refractivity contribution in [1.29, 1.82) is 0 Å². The fourth-order valence-electron chi connectivity index (χ4n) is 1.16. The Morgan fingerprint density at radius 3 is 2.71 bits per heavy atom. The Morgan fingerprint density at radius 1 is 1.71 bits per heavy atom. The molecule has 0 saturated heterocycles. The summed E-state index contributed by atoms with van der Waals surface area (Å²) in [6.07, 6.45) is 0.231. The molecule has 0 spiro atoms. The van der Waals surface area contributed by atoms with Crippen LogP contribution in [0.1, 0.15) is 18.2 Å². The minimum Gasteiger partial charge on any atom is -0.481 e. The van der Waals surface area contributed by atoms with E-state index in [0.717, 1.165) is 9.35 Å². The van der Waals surface area contributed by atoms with Gasteiger partial charge in [0.1, 0.15) is 5.41 Å². The maximum Gasteiger partial charge on any atom is 0.314 e. The highest BCUT2D eigenvalue weighted by molar-refractivity contribution is 9.10. The summed E-state index contributed by atoms with van der Waals surface area (Å²) in [6, 6.07) is 1.79. The Balaban J connectivity index is 3.05. The van der Waals surface area contributed by atoms with E-state index in [1.165, 1.54) is 11.3 Å². The van der Waals surface area contributed by atoms with Crippen molar-refractivity contribution in [3.05, 3.63) is 20.8 Å². The minimum atomic E-state index is -0.981. The fourth-order valence-corrected chi connectivity index (χ4v) is 2.77. The van der Waals surface area contributed by atoms with Crippen molar-refractivity contribution < 1.29 is 15.0 Å². The maximum atomic E-state index is 11.1. The molecular weight excluding hydrogens is 268 g/mol. The highest BCUT2D eigenvalue weighted by atomic mass is 79.9. The number of carboxylic acids is 1. The van der Waals surface area contributed by atoms with Gasteiger partial charge in [-0.25, -0.2) is 0 Å². The van der Waals surface area contributed by atoms with Gasteiger partial charge in [0.05, 0.1) is 0 Å². The first-order valence-electron chi connectivity index (χ1n) is 4.09. The van der Waals surface area contributed by atoms with Gasteiger partial charge in [0.2, 0.25) is 0 Å². The molecule has 0 aromatic carbocycles. The molecule has 78 valence electrons. The van der Waals surface area contributed by atoms with Gasteiger partial charge in [-0.2, -0.15) is 0 Å². The van der Waals surface area contributed by atoms with E-state index in [2.05, 4.69) is 15.9 Å². The van der Waals surface area contributed by atoms with E-state index >= 15 is 0 Å². The Bertz CT molecular complexity index is 337. The van der Waals surface area contributed by atoms with Gasteiger partial charge in [-0.15, -0.1) is 11.3 Å². The first kappa shape index (κ1) is 11.7. The molecule has 1 aromatic heterocycles. The lowest BCUT2D eigenvalue weighted by molar-refractivity contribution is -0.143. The summed E-state index contributed by atoms with van der Waals surface area (Å²) in [6.45, 7) is 1.50. The summed E-state index contributed by atoms with van der Waals surface area (Å²) in [5.74, 6) is -0.902. The van der Waals surface area contributed by atoms with Gasteiger partial charge in [0, 0.05) is 21.3 Å². The van der Waals surface area contributed by atoms with Gasteiger partial charge in [-0.3, -0.25) is 4.79 Å². The molecular formula is C9H11BrO3S. The SMILES string of the molecule is CC(CCO)(C(=O)O)c1cc(Br)cs1. The highest BCUT2D eigenvalue weighted by Gasteiger charge is 2.35. The monoisotopic (exact) mass is 278 g/mol. The molecule has 1 rings (SSSR count). The molecule has 0 radical (unpaired) electrons. The Hall–Kier alpha value is -0.390. The second-order valence-corrected chi connectivity index (χ2v) is 5.07. The van der Waals surface area contributed by atoms with Crippen molar-refractivity contribution in [3.63, 3.8) is 0 Å². The molecule has 1 aromatic rings. The van der Waals surface area contributed by atoms with E-state index in [1.54, 1.807) is 13.0 Å². The van der Waals surface area contributed by atoms with Crippen LogP contribution in [-0.4, -0.2) is 22.8 Å². The van der Waals surface area contributed by atoms with Crippen molar-refractivity contribution >= 4 is 33.2 Å². The lowest BCUT2D eigenvalue weighted by Gasteiger charge is -2.21. The Labute approximate surface area is 94.5 Å². The highest BCUT2D eigenvalue weighted by Crippen LogP contribution is 2.34. The average Bonchev–Trinajstić information content (AvgIpc) is 2.52. The molecule has 2 N–H and O–H groups in total. The zero-order valence-electron chi connectivity index (χ0n) is 7.66. The summed E-state index contributed by atoms with van der Waals surface area (Å²) in [4.78, 5) is 11.9. The summed E-state index contributed by atoms with van der Waals surface area (Å²) < 4.78 is 0.878. The molecule has 0 bridgehead atoms. The van der Waals surface area contributed by atoms with E-state index in [4.69, 9.17) is 10.2 Å².